The van der Waals surface area contributed by atoms with Crippen molar-refractivity contribution in [3.05, 3.63) is 0 Å². The molecule has 0 radical (unpaired) electrons. The number of hydrogen-bond acceptors (Lipinski definition) is 3. The number of ether oxygens (including phenoxy) is 1. The summed E-state index contributed by atoms with van der Waals surface area (Å²) in [7, 11) is 1.81. The van der Waals surface area contributed by atoms with Crippen LogP contribution in [0.4, 0.5) is 0 Å². The molecule has 1 heterocycles. The predicted molar refractivity (Wildman–Crippen MR) is 78.0 cm³/mol. The highest BCUT2D eigenvalue weighted by atomic mass is 16.5. The van der Waals surface area contributed by atoms with E-state index in [1.54, 1.807) is 0 Å². The second kappa shape index (κ2) is 7.46. The standard InChI is InChI=1S/C15H32N2O/c1-6-16-13(2)14-7-10-17(11-8-14)12-9-15(3,4)18-5/h13-14,16H,6-12H2,1-5H3. The molecule has 0 aromatic carbocycles. The summed E-state index contributed by atoms with van der Waals surface area (Å²) in [6.07, 6.45) is 3.79. The normalized spacial score (nSPS) is 21.2. The fourth-order valence-corrected chi connectivity index (χ4v) is 2.69. The summed E-state index contributed by atoms with van der Waals surface area (Å²) in [6.45, 7) is 13.6. The molecule has 3 heteroatoms. The fraction of sp³-hybridized carbons (Fsp3) is 1.00. The van der Waals surface area contributed by atoms with Crippen LogP contribution >= 0.6 is 0 Å². The molecule has 0 aromatic heterocycles. The molecule has 1 fully saturated rings. The largest absolute Gasteiger partial charge is 0.379 e. The third-order valence-corrected chi connectivity index (χ3v) is 4.45. The molecular formula is C15H32N2O. The molecule has 1 rings (SSSR count). The average Bonchev–Trinajstić information content (AvgIpc) is 2.37. The Morgan fingerprint density at radius 1 is 1.33 bits per heavy atom. The third-order valence-electron chi connectivity index (χ3n) is 4.45. The maximum absolute atomic E-state index is 5.48. The molecule has 0 aliphatic carbocycles. The molecular weight excluding hydrogens is 224 g/mol. The molecule has 0 spiro atoms. The van der Waals surface area contributed by atoms with Gasteiger partial charge < -0.3 is 15.0 Å². The number of methoxy groups -OCH3 is 1. The molecule has 1 atom stereocenters. The van der Waals surface area contributed by atoms with E-state index in [9.17, 15) is 0 Å². The predicted octanol–water partition coefficient (Wildman–Crippen LogP) is 2.51. The van der Waals surface area contributed by atoms with Crippen LogP contribution in [0.2, 0.25) is 0 Å². The zero-order valence-electron chi connectivity index (χ0n) is 13.0. The molecule has 1 aliphatic rings. The van der Waals surface area contributed by atoms with Gasteiger partial charge in [0, 0.05) is 19.7 Å². The van der Waals surface area contributed by atoms with E-state index in [-0.39, 0.29) is 5.60 Å². The van der Waals surface area contributed by atoms with Gasteiger partial charge in [-0.1, -0.05) is 6.92 Å². The SMILES string of the molecule is CCNC(C)C1CCN(CCC(C)(C)OC)CC1. The van der Waals surface area contributed by atoms with Gasteiger partial charge >= 0.3 is 0 Å². The first-order valence-electron chi connectivity index (χ1n) is 7.49. The smallest absolute Gasteiger partial charge is 0.0634 e. The summed E-state index contributed by atoms with van der Waals surface area (Å²) in [5.41, 5.74) is 0.0217. The van der Waals surface area contributed by atoms with Crippen molar-refractivity contribution < 1.29 is 4.74 Å². The van der Waals surface area contributed by atoms with Crippen molar-refractivity contribution in [2.24, 2.45) is 5.92 Å². The van der Waals surface area contributed by atoms with Gasteiger partial charge in [-0.2, -0.15) is 0 Å². The minimum Gasteiger partial charge on any atom is -0.379 e. The van der Waals surface area contributed by atoms with E-state index in [1.165, 1.54) is 32.5 Å². The van der Waals surface area contributed by atoms with Crippen molar-refractivity contribution in [3.8, 4) is 0 Å². The lowest BCUT2D eigenvalue weighted by molar-refractivity contribution is 0.00442. The van der Waals surface area contributed by atoms with Gasteiger partial charge in [0.25, 0.3) is 0 Å². The Bertz CT molecular complexity index is 223. The first kappa shape index (κ1) is 15.9. The first-order chi connectivity index (χ1) is 8.48. The average molecular weight is 256 g/mol. The summed E-state index contributed by atoms with van der Waals surface area (Å²) in [5.74, 6) is 0.858. The maximum Gasteiger partial charge on any atom is 0.0634 e. The van der Waals surface area contributed by atoms with Crippen molar-refractivity contribution in [1.29, 1.82) is 0 Å². The van der Waals surface area contributed by atoms with E-state index in [1.807, 2.05) is 7.11 Å². The van der Waals surface area contributed by atoms with Gasteiger partial charge in [0.15, 0.2) is 0 Å². The lowest BCUT2D eigenvalue weighted by Gasteiger charge is -2.36. The van der Waals surface area contributed by atoms with Gasteiger partial charge in [-0.05, 0) is 65.6 Å². The summed E-state index contributed by atoms with van der Waals surface area (Å²) in [4.78, 5) is 2.59. The molecule has 1 N–H and O–H groups in total. The van der Waals surface area contributed by atoms with Gasteiger partial charge in [-0.3, -0.25) is 0 Å². The lowest BCUT2D eigenvalue weighted by Crippen LogP contribution is -2.43. The minimum absolute atomic E-state index is 0.0217. The van der Waals surface area contributed by atoms with Gasteiger partial charge in [0.05, 0.1) is 5.60 Å². The molecule has 3 nitrogen and oxygen atoms in total. The van der Waals surface area contributed by atoms with Gasteiger partial charge in [0.2, 0.25) is 0 Å². The second-order valence-corrected chi connectivity index (χ2v) is 6.24. The quantitative estimate of drug-likeness (QED) is 0.757. The van der Waals surface area contributed by atoms with Crippen LogP contribution in [0.15, 0.2) is 0 Å². The van der Waals surface area contributed by atoms with Crippen LogP contribution in [-0.2, 0) is 4.74 Å². The Balaban J connectivity index is 2.23. The van der Waals surface area contributed by atoms with E-state index in [0.29, 0.717) is 6.04 Å². The molecule has 1 unspecified atom stereocenters. The molecule has 1 aliphatic heterocycles. The highest BCUT2D eigenvalue weighted by Gasteiger charge is 2.24. The Hall–Kier alpha value is -0.120. The summed E-state index contributed by atoms with van der Waals surface area (Å²) < 4.78 is 5.48. The Morgan fingerprint density at radius 3 is 2.44 bits per heavy atom. The number of nitrogens with zero attached hydrogens (tertiary/aromatic N) is 1. The third kappa shape index (κ3) is 5.25. The zero-order valence-corrected chi connectivity index (χ0v) is 13.0. The van der Waals surface area contributed by atoms with E-state index >= 15 is 0 Å². The highest BCUT2D eigenvalue weighted by molar-refractivity contribution is 4.80. The van der Waals surface area contributed by atoms with Crippen LogP contribution in [0.25, 0.3) is 0 Å². The Kier molecular flexibility index (Phi) is 6.61. The second-order valence-electron chi connectivity index (χ2n) is 6.24. The molecule has 108 valence electrons. The monoisotopic (exact) mass is 256 g/mol. The Morgan fingerprint density at radius 2 is 1.94 bits per heavy atom. The molecule has 1 saturated heterocycles. The van der Waals surface area contributed by atoms with Crippen LogP contribution in [-0.4, -0.2) is 49.8 Å². The zero-order chi connectivity index (χ0) is 13.6. The molecule has 0 bridgehead atoms. The van der Waals surface area contributed by atoms with Crippen molar-refractivity contribution in [1.82, 2.24) is 10.2 Å². The van der Waals surface area contributed by atoms with E-state index < -0.39 is 0 Å². The van der Waals surface area contributed by atoms with E-state index in [0.717, 1.165) is 18.9 Å². The molecule has 0 amide bonds. The van der Waals surface area contributed by atoms with Crippen LogP contribution in [0.1, 0.15) is 47.0 Å². The first-order valence-corrected chi connectivity index (χ1v) is 7.49. The van der Waals surface area contributed by atoms with Crippen LogP contribution in [0, 0.1) is 5.92 Å². The van der Waals surface area contributed by atoms with Crippen LogP contribution in [0.3, 0.4) is 0 Å². The number of likely N-dealkylation sites (tertiary alicyclic amines) is 1. The van der Waals surface area contributed by atoms with Crippen LogP contribution < -0.4 is 5.32 Å². The van der Waals surface area contributed by atoms with Gasteiger partial charge in [-0.25, -0.2) is 0 Å². The minimum atomic E-state index is 0.0217. The van der Waals surface area contributed by atoms with Crippen molar-refractivity contribution >= 4 is 0 Å². The molecule has 18 heavy (non-hydrogen) atoms. The highest BCUT2D eigenvalue weighted by Crippen LogP contribution is 2.22. The summed E-state index contributed by atoms with van der Waals surface area (Å²) in [5, 5.41) is 3.56. The topological polar surface area (TPSA) is 24.5 Å². The van der Waals surface area contributed by atoms with Crippen molar-refractivity contribution in [2.75, 3.05) is 33.3 Å². The molecule has 0 saturated carbocycles. The van der Waals surface area contributed by atoms with Crippen LogP contribution in [0.5, 0.6) is 0 Å². The number of nitrogens with one attached hydrogen (secondary N) is 1. The lowest BCUT2D eigenvalue weighted by atomic mass is 9.90. The number of hydrogen-bond donors (Lipinski definition) is 1. The van der Waals surface area contributed by atoms with E-state index in [2.05, 4.69) is 37.9 Å². The summed E-state index contributed by atoms with van der Waals surface area (Å²) >= 11 is 0. The Labute approximate surface area is 113 Å². The van der Waals surface area contributed by atoms with E-state index in [4.69, 9.17) is 4.74 Å². The van der Waals surface area contributed by atoms with Gasteiger partial charge in [0.1, 0.15) is 0 Å². The van der Waals surface area contributed by atoms with Crippen molar-refractivity contribution in [3.63, 3.8) is 0 Å². The van der Waals surface area contributed by atoms with Crippen molar-refractivity contribution in [2.45, 2.75) is 58.6 Å². The number of rotatable bonds is 7. The van der Waals surface area contributed by atoms with Gasteiger partial charge in [-0.15, -0.1) is 0 Å². The maximum atomic E-state index is 5.48. The summed E-state index contributed by atoms with van der Waals surface area (Å²) in [6, 6.07) is 0.674. The fourth-order valence-electron chi connectivity index (χ4n) is 2.69. The number of piperidine rings is 1. The molecule has 0 aromatic rings.